The number of carbonyl (C=O) groups is 2. The summed E-state index contributed by atoms with van der Waals surface area (Å²) < 4.78 is 5.55. The highest BCUT2D eigenvalue weighted by molar-refractivity contribution is 6.31. The van der Waals surface area contributed by atoms with Crippen LogP contribution < -0.4 is 15.4 Å². The highest BCUT2D eigenvalue weighted by Gasteiger charge is 2.10. The molecule has 2 amide bonds. The third kappa shape index (κ3) is 5.80. The number of hydrogen-bond donors (Lipinski definition) is 2. The first-order valence-corrected chi connectivity index (χ1v) is 8.32. The molecule has 0 bridgehead atoms. The number of anilines is 2. The molecule has 2 N–H and O–H groups in total. The molecule has 5 nitrogen and oxygen atoms in total. The van der Waals surface area contributed by atoms with E-state index in [-0.39, 0.29) is 18.4 Å². The normalized spacial score (nSPS) is 10.4. The predicted molar refractivity (Wildman–Crippen MR) is 100 cm³/mol. The molecule has 132 valence electrons. The second kappa shape index (κ2) is 8.53. The highest BCUT2D eigenvalue weighted by atomic mass is 35.5. The minimum atomic E-state index is -0.344. The number of nitrogens with one attached hydrogen (secondary N) is 2. The van der Waals surface area contributed by atoms with Crippen LogP contribution in [0.2, 0.25) is 5.02 Å². The first-order chi connectivity index (χ1) is 11.8. The fraction of sp³-hybridized carbons (Fsp3) is 0.263. The third-order valence-corrected chi connectivity index (χ3v) is 3.70. The Morgan fingerprint density at radius 2 is 1.84 bits per heavy atom. The fourth-order valence-corrected chi connectivity index (χ4v) is 2.39. The van der Waals surface area contributed by atoms with E-state index in [9.17, 15) is 9.59 Å². The molecule has 0 saturated heterocycles. The highest BCUT2D eigenvalue weighted by Crippen LogP contribution is 2.26. The molecule has 25 heavy (non-hydrogen) atoms. The Hall–Kier alpha value is -2.53. The molecule has 0 unspecified atom stereocenters. The van der Waals surface area contributed by atoms with Gasteiger partial charge in [-0.15, -0.1) is 0 Å². The molecule has 0 spiro atoms. The largest absolute Gasteiger partial charge is 0.484 e. The van der Waals surface area contributed by atoms with Crippen molar-refractivity contribution < 1.29 is 14.3 Å². The minimum Gasteiger partial charge on any atom is -0.484 e. The lowest BCUT2D eigenvalue weighted by Gasteiger charge is -2.13. The molecule has 0 heterocycles. The molecule has 6 heteroatoms. The molecule has 0 aromatic heterocycles. The van der Waals surface area contributed by atoms with Gasteiger partial charge in [0.15, 0.2) is 6.61 Å². The van der Waals surface area contributed by atoms with Crippen molar-refractivity contribution in [2.45, 2.75) is 26.7 Å². The van der Waals surface area contributed by atoms with Gasteiger partial charge < -0.3 is 15.4 Å². The summed E-state index contributed by atoms with van der Waals surface area (Å²) in [5, 5.41) is 5.80. The van der Waals surface area contributed by atoms with Crippen LogP contribution in [0.1, 0.15) is 32.3 Å². The second-order valence-corrected chi connectivity index (χ2v) is 6.37. The zero-order valence-corrected chi connectivity index (χ0v) is 15.2. The summed E-state index contributed by atoms with van der Waals surface area (Å²) in [5.74, 6) is 0.432. The molecule has 0 saturated carbocycles. The first-order valence-electron chi connectivity index (χ1n) is 7.95. The zero-order chi connectivity index (χ0) is 18.4. The third-order valence-electron chi connectivity index (χ3n) is 3.46. The summed E-state index contributed by atoms with van der Waals surface area (Å²) in [6.45, 7) is 5.43. The molecule has 0 radical (unpaired) electrons. The van der Waals surface area contributed by atoms with Crippen molar-refractivity contribution in [2.24, 2.45) is 0 Å². The maximum atomic E-state index is 12.2. The number of amides is 2. The lowest BCUT2D eigenvalue weighted by Crippen LogP contribution is -2.21. The first kappa shape index (κ1) is 18.8. The summed E-state index contributed by atoms with van der Waals surface area (Å²) in [6.07, 6.45) is 0. The maximum Gasteiger partial charge on any atom is 0.262 e. The average molecular weight is 361 g/mol. The number of carbonyl (C=O) groups excluding carboxylic acids is 2. The summed E-state index contributed by atoms with van der Waals surface area (Å²) in [7, 11) is 0. The van der Waals surface area contributed by atoms with Gasteiger partial charge in [0.2, 0.25) is 5.91 Å². The molecule has 2 aromatic rings. The summed E-state index contributed by atoms with van der Waals surface area (Å²) >= 11 is 5.96. The molecule has 0 atom stereocenters. The standard InChI is InChI=1S/C19H21ClN2O3/c1-12(2)14-5-4-6-16(9-14)25-11-19(24)22-18-10-15(20)7-8-17(18)21-13(3)23/h4-10,12H,11H2,1-3H3,(H,21,23)(H,22,24). The van der Waals surface area contributed by atoms with Crippen LogP contribution in [0.25, 0.3) is 0 Å². The molecule has 2 aromatic carbocycles. The van der Waals surface area contributed by atoms with Crippen molar-refractivity contribution in [2.75, 3.05) is 17.2 Å². The SMILES string of the molecule is CC(=O)Nc1ccc(Cl)cc1NC(=O)COc1cccc(C(C)C)c1. The average Bonchev–Trinajstić information content (AvgIpc) is 2.55. The summed E-state index contributed by atoms with van der Waals surface area (Å²) in [5.41, 5.74) is 2.04. The topological polar surface area (TPSA) is 67.4 Å². The van der Waals surface area contributed by atoms with Gasteiger partial charge in [0.1, 0.15) is 5.75 Å². The quantitative estimate of drug-likeness (QED) is 0.800. The Morgan fingerprint density at radius 3 is 2.52 bits per heavy atom. The van der Waals surface area contributed by atoms with E-state index >= 15 is 0 Å². The van der Waals surface area contributed by atoms with Crippen molar-refractivity contribution in [1.29, 1.82) is 0 Å². The maximum absolute atomic E-state index is 12.2. The van der Waals surface area contributed by atoms with E-state index in [0.717, 1.165) is 5.56 Å². The van der Waals surface area contributed by atoms with Crippen molar-refractivity contribution in [3.05, 3.63) is 53.1 Å². The number of rotatable bonds is 6. The van der Waals surface area contributed by atoms with Gasteiger partial charge in [-0.25, -0.2) is 0 Å². The van der Waals surface area contributed by atoms with E-state index < -0.39 is 0 Å². The van der Waals surface area contributed by atoms with Gasteiger partial charge in [-0.2, -0.15) is 0 Å². The Kier molecular flexibility index (Phi) is 6.42. The van der Waals surface area contributed by atoms with E-state index in [2.05, 4.69) is 24.5 Å². The molecule has 0 fully saturated rings. The summed E-state index contributed by atoms with van der Waals surface area (Å²) in [6, 6.07) is 12.5. The predicted octanol–water partition coefficient (Wildman–Crippen LogP) is 4.44. The number of hydrogen-bond acceptors (Lipinski definition) is 3. The van der Waals surface area contributed by atoms with Gasteiger partial charge in [-0.1, -0.05) is 37.6 Å². The van der Waals surface area contributed by atoms with Crippen LogP contribution in [0, 0.1) is 0 Å². The van der Waals surface area contributed by atoms with Crippen molar-refractivity contribution in [3.63, 3.8) is 0 Å². The summed E-state index contributed by atoms with van der Waals surface area (Å²) in [4.78, 5) is 23.4. The molecule has 2 rings (SSSR count). The lowest BCUT2D eigenvalue weighted by atomic mass is 10.0. The molecular formula is C19H21ClN2O3. The van der Waals surface area contributed by atoms with Gasteiger partial charge in [0, 0.05) is 11.9 Å². The van der Waals surface area contributed by atoms with Crippen LogP contribution in [-0.2, 0) is 9.59 Å². The Bertz CT molecular complexity index is 775. The zero-order valence-electron chi connectivity index (χ0n) is 14.4. The molecule has 0 aliphatic rings. The van der Waals surface area contributed by atoms with Crippen LogP contribution in [0.5, 0.6) is 5.75 Å². The van der Waals surface area contributed by atoms with Gasteiger partial charge >= 0.3 is 0 Å². The van der Waals surface area contributed by atoms with Crippen LogP contribution in [-0.4, -0.2) is 18.4 Å². The monoisotopic (exact) mass is 360 g/mol. The Morgan fingerprint density at radius 1 is 1.08 bits per heavy atom. The Balaban J connectivity index is 2.02. The van der Waals surface area contributed by atoms with Crippen molar-refractivity contribution >= 4 is 34.8 Å². The van der Waals surface area contributed by atoms with Crippen LogP contribution >= 0.6 is 11.6 Å². The van der Waals surface area contributed by atoms with Crippen molar-refractivity contribution in [1.82, 2.24) is 0 Å². The van der Waals surface area contributed by atoms with Crippen LogP contribution in [0.3, 0.4) is 0 Å². The smallest absolute Gasteiger partial charge is 0.262 e. The van der Waals surface area contributed by atoms with E-state index in [1.54, 1.807) is 24.3 Å². The van der Waals surface area contributed by atoms with Crippen LogP contribution in [0.4, 0.5) is 11.4 Å². The molecule has 0 aliphatic carbocycles. The minimum absolute atomic E-state index is 0.145. The van der Waals surface area contributed by atoms with Gasteiger partial charge in [-0.3, -0.25) is 9.59 Å². The van der Waals surface area contributed by atoms with E-state index in [1.807, 2.05) is 18.2 Å². The molecular weight excluding hydrogens is 340 g/mol. The van der Waals surface area contributed by atoms with E-state index in [0.29, 0.717) is 28.1 Å². The van der Waals surface area contributed by atoms with E-state index in [1.165, 1.54) is 6.92 Å². The molecule has 0 aliphatic heterocycles. The number of halogens is 1. The van der Waals surface area contributed by atoms with Gasteiger partial charge in [0.05, 0.1) is 11.4 Å². The number of ether oxygens (including phenoxy) is 1. The second-order valence-electron chi connectivity index (χ2n) is 5.94. The number of benzene rings is 2. The van der Waals surface area contributed by atoms with E-state index in [4.69, 9.17) is 16.3 Å². The van der Waals surface area contributed by atoms with Gasteiger partial charge in [-0.05, 0) is 41.8 Å². The van der Waals surface area contributed by atoms with Crippen LogP contribution in [0.15, 0.2) is 42.5 Å². The Labute approximate surface area is 152 Å². The fourth-order valence-electron chi connectivity index (χ4n) is 2.22. The van der Waals surface area contributed by atoms with Crippen molar-refractivity contribution in [3.8, 4) is 5.75 Å². The van der Waals surface area contributed by atoms with Gasteiger partial charge in [0.25, 0.3) is 5.91 Å². The lowest BCUT2D eigenvalue weighted by molar-refractivity contribution is -0.118.